The Morgan fingerprint density at radius 3 is 2.67 bits per heavy atom. The van der Waals surface area contributed by atoms with Gasteiger partial charge in [-0.1, -0.05) is 6.07 Å². The molecule has 1 saturated heterocycles. The maximum Gasteiger partial charge on any atom is 0.270 e. The maximum absolute atomic E-state index is 12.7. The first-order valence-corrected chi connectivity index (χ1v) is 8.33. The van der Waals surface area contributed by atoms with Crippen LogP contribution in [0, 0.1) is 17.0 Å². The van der Waals surface area contributed by atoms with Crippen LogP contribution in [-0.4, -0.2) is 50.9 Å². The molecular formula is C13H20N3O4S+. The SMILES string of the molecule is Cc1ccc([N+](=O)[O-])cc1S(=O)(=O)N1CCC[NH+](C)CC1. The van der Waals surface area contributed by atoms with Gasteiger partial charge in [0.1, 0.15) is 0 Å². The second-order valence-corrected chi connectivity index (χ2v) is 7.33. The van der Waals surface area contributed by atoms with Crippen molar-refractivity contribution in [3.05, 3.63) is 33.9 Å². The largest absolute Gasteiger partial charge is 0.336 e. The summed E-state index contributed by atoms with van der Waals surface area (Å²) in [7, 11) is -1.64. The normalized spacial score (nSPS) is 21.0. The summed E-state index contributed by atoms with van der Waals surface area (Å²) in [6.45, 7) is 4.23. The van der Waals surface area contributed by atoms with Gasteiger partial charge < -0.3 is 4.90 Å². The molecule has 21 heavy (non-hydrogen) atoms. The molecule has 0 radical (unpaired) electrons. The number of nitro benzene ring substituents is 1. The van der Waals surface area contributed by atoms with Crippen molar-refractivity contribution in [1.29, 1.82) is 0 Å². The molecule has 0 aromatic heterocycles. The molecule has 0 bridgehead atoms. The van der Waals surface area contributed by atoms with E-state index in [0.29, 0.717) is 18.7 Å². The van der Waals surface area contributed by atoms with Crippen molar-refractivity contribution < 1.29 is 18.2 Å². The van der Waals surface area contributed by atoms with Gasteiger partial charge in [-0.25, -0.2) is 8.42 Å². The zero-order valence-electron chi connectivity index (χ0n) is 12.2. The van der Waals surface area contributed by atoms with Gasteiger partial charge in [-0.15, -0.1) is 0 Å². The molecule has 1 N–H and O–H groups in total. The van der Waals surface area contributed by atoms with Crippen molar-refractivity contribution in [3.8, 4) is 0 Å². The van der Waals surface area contributed by atoms with Gasteiger partial charge in [0.15, 0.2) is 0 Å². The first-order valence-electron chi connectivity index (χ1n) is 6.89. The monoisotopic (exact) mass is 314 g/mol. The first-order chi connectivity index (χ1) is 9.82. The average Bonchev–Trinajstić information content (AvgIpc) is 2.64. The van der Waals surface area contributed by atoms with Crippen molar-refractivity contribution in [1.82, 2.24) is 4.31 Å². The summed E-state index contributed by atoms with van der Waals surface area (Å²) in [5, 5.41) is 10.9. The number of benzene rings is 1. The van der Waals surface area contributed by atoms with E-state index < -0.39 is 14.9 Å². The number of nitro groups is 1. The van der Waals surface area contributed by atoms with Crippen molar-refractivity contribution in [2.24, 2.45) is 0 Å². The Kier molecular flexibility index (Phi) is 4.60. The van der Waals surface area contributed by atoms with Crippen molar-refractivity contribution >= 4 is 15.7 Å². The Balaban J connectivity index is 2.39. The van der Waals surface area contributed by atoms with Crippen LogP contribution in [0.25, 0.3) is 0 Å². The molecule has 1 aromatic rings. The molecule has 2 rings (SSSR count). The number of hydrogen-bond acceptors (Lipinski definition) is 4. The van der Waals surface area contributed by atoms with E-state index in [4.69, 9.17) is 0 Å². The number of aryl methyl sites for hydroxylation is 1. The van der Waals surface area contributed by atoms with Gasteiger partial charge in [0, 0.05) is 25.1 Å². The van der Waals surface area contributed by atoms with Crippen LogP contribution in [0.15, 0.2) is 23.1 Å². The minimum absolute atomic E-state index is 0.0382. The summed E-state index contributed by atoms with van der Waals surface area (Å²) in [4.78, 5) is 11.6. The van der Waals surface area contributed by atoms with Gasteiger partial charge >= 0.3 is 0 Å². The molecule has 7 nitrogen and oxygen atoms in total. The molecule has 1 aliphatic heterocycles. The Labute approximate surface area is 124 Å². The van der Waals surface area contributed by atoms with Crippen LogP contribution in [0.1, 0.15) is 12.0 Å². The van der Waals surface area contributed by atoms with Crippen molar-refractivity contribution in [2.45, 2.75) is 18.2 Å². The Morgan fingerprint density at radius 2 is 2.00 bits per heavy atom. The molecule has 1 aromatic carbocycles. The number of likely N-dealkylation sites (N-methyl/N-ethyl adjacent to an activating group) is 1. The number of nitrogens with zero attached hydrogens (tertiary/aromatic N) is 2. The van der Waals surface area contributed by atoms with Crippen molar-refractivity contribution in [2.75, 3.05) is 33.2 Å². The molecular weight excluding hydrogens is 294 g/mol. The van der Waals surface area contributed by atoms with E-state index in [-0.39, 0.29) is 10.6 Å². The summed E-state index contributed by atoms with van der Waals surface area (Å²) in [5.41, 5.74) is 0.335. The molecule has 0 amide bonds. The topological polar surface area (TPSA) is 85.0 Å². The predicted octanol–water partition coefficient (Wildman–Crippen LogP) is -0.188. The second kappa shape index (κ2) is 6.08. The lowest BCUT2D eigenvalue weighted by molar-refractivity contribution is -0.877. The first kappa shape index (κ1) is 15.9. The quantitative estimate of drug-likeness (QED) is 0.619. The second-order valence-electron chi connectivity index (χ2n) is 5.42. The highest BCUT2D eigenvalue weighted by molar-refractivity contribution is 7.89. The number of non-ortho nitro benzene ring substituents is 1. The zero-order valence-corrected chi connectivity index (χ0v) is 13.0. The highest BCUT2D eigenvalue weighted by atomic mass is 32.2. The van der Waals surface area contributed by atoms with Crippen molar-refractivity contribution in [3.63, 3.8) is 0 Å². The highest BCUT2D eigenvalue weighted by Gasteiger charge is 2.29. The summed E-state index contributed by atoms with van der Waals surface area (Å²) in [6.07, 6.45) is 0.791. The van der Waals surface area contributed by atoms with Crippen LogP contribution < -0.4 is 4.90 Å². The molecule has 116 valence electrons. The molecule has 1 heterocycles. The highest BCUT2D eigenvalue weighted by Crippen LogP contribution is 2.24. The lowest BCUT2D eigenvalue weighted by Crippen LogP contribution is -3.09. The fourth-order valence-electron chi connectivity index (χ4n) is 2.47. The maximum atomic E-state index is 12.7. The van der Waals surface area contributed by atoms with Crippen LogP contribution >= 0.6 is 0 Å². The average molecular weight is 314 g/mol. The lowest BCUT2D eigenvalue weighted by atomic mass is 10.2. The molecule has 0 saturated carbocycles. The minimum Gasteiger partial charge on any atom is -0.336 e. The Bertz CT molecular complexity index is 645. The van der Waals surface area contributed by atoms with Gasteiger partial charge in [-0.2, -0.15) is 4.31 Å². The van der Waals surface area contributed by atoms with Gasteiger partial charge in [0.25, 0.3) is 5.69 Å². The van der Waals surface area contributed by atoms with E-state index in [1.54, 1.807) is 6.92 Å². The molecule has 0 aliphatic carbocycles. The van der Waals surface area contributed by atoms with Crippen LogP contribution in [0.2, 0.25) is 0 Å². The summed E-state index contributed by atoms with van der Waals surface area (Å²) >= 11 is 0. The fraction of sp³-hybridized carbons (Fsp3) is 0.538. The smallest absolute Gasteiger partial charge is 0.270 e. The fourth-order valence-corrected chi connectivity index (χ4v) is 4.19. The van der Waals surface area contributed by atoms with E-state index in [0.717, 1.165) is 25.6 Å². The molecule has 0 spiro atoms. The Hall–Kier alpha value is -1.51. The summed E-state index contributed by atoms with van der Waals surface area (Å²) < 4.78 is 26.9. The lowest BCUT2D eigenvalue weighted by Gasteiger charge is -2.20. The number of sulfonamides is 1. The molecule has 1 fully saturated rings. The van der Waals surface area contributed by atoms with E-state index in [2.05, 4.69) is 0 Å². The summed E-state index contributed by atoms with van der Waals surface area (Å²) in [6, 6.07) is 3.97. The zero-order chi connectivity index (χ0) is 15.6. The van der Waals surface area contributed by atoms with Gasteiger partial charge in [-0.3, -0.25) is 10.1 Å². The third kappa shape index (κ3) is 3.39. The number of rotatable bonds is 3. The minimum atomic E-state index is -3.68. The number of nitrogens with one attached hydrogen (secondary N) is 1. The van der Waals surface area contributed by atoms with E-state index >= 15 is 0 Å². The van der Waals surface area contributed by atoms with E-state index in [1.165, 1.54) is 21.3 Å². The number of hydrogen-bond donors (Lipinski definition) is 1. The van der Waals surface area contributed by atoms with Crippen LogP contribution in [-0.2, 0) is 10.0 Å². The van der Waals surface area contributed by atoms with Gasteiger partial charge in [0.2, 0.25) is 10.0 Å². The molecule has 8 heteroatoms. The molecule has 1 unspecified atom stereocenters. The van der Waals surface area contributed by atoms with Crippen LogP contribution in [0.5, 0.6) is 0 Å². The van der Waals surface area contributed by atoms with Crippen LogP contribution in [0.4, 0.5) is 5.69 Å². The van der Waals surface area contributed by atoms with Gasteiger partial charge in [0.05, 0.1) is 36.5 Å². The number of quaternary nitrogens is 1. The third-order valence-corrected chi connectivity index (χ3v) is 5.84. The van der Waals surface area contributed by atoms with Crippen LogP contribution in [0.3, 0.4) is 0 Å². The third-order valence-electron chi connectivity index (χ3n) is 3.80. The van der Waals surface area contributed by atoms with E-state index in [1.807, 2.05) is 7.05 Å². The Morgan fingerprint density at radius 1 is 1.29 bits per heavy atom. The standard InChI is InChI=1S/C13H19N3O4S/c1-11-4-5-12(16(17)18)10-13(11)21(19,20)15-7-3-6-14(2)8-9-15/h4-5,10H,3,6-9H2,1-2H3/p+1. The summed E-state index contributed by atoms with van der Waals surface area (Å²) in [5.74, 6) is 0. The van der Waals surface area contributed by atoms with Gasteiger partial charge in [-0.05, 0) is 12.5 Å². The molecule has 1 aliphatic rings. The molecule has 1 atom stereocenters. The van der Waals surface area contributed by atoms with E-state index in [9.17, 15) is 18.5 Å². The predicted molar refractivity (Wildman–Crippen MR) is 77.8 cm³/mol.